The number of carbonyl (C=O) groups is 1. The van der Waals surface area contributed by atoms with Crippen molar-refractivity contribution in [2.45, 2.75) is 74.7 Å². The number of nitrogens with zero attached hydrogens (tertiary/aromatic N) is 2. The second kappa shape index (κ2) is 21.6. The number of benzene rings is 2. The summed E-state index contributed by atoms with van der Waals surface area (Å²) in [6.07, 6.45) is 1.71. The number of nitrogens with two attached hydrogens (primary N) is 1. The summed E-state index contributed by atoms with van der Waals surface area (Å²) in [5, 5.41) is 18.9. The number of sulfone groups is 2. The van der Waals surface area contributed by atoms with Crippen molar-refractivity contribution in [3.63, 3.8) is 0 Å². The third-order valence-corrected chi connectivity index (χ3v) is 13.1. The predicted molar refractivity (Wildman–Crippen MR) is 207 cm³/mol. The zero-order chi connectivity index (χ0) is 43.9. The Hall–Kier alpha value is -4.53. The first-order chi connectivity index (χ1) is 27.7. The summed E-state index contributed by atoms with van der Waals surface area (Å²) in [6.45, 7) is 5.84. The van der Waals surface area contributed by atoms with Crippen LogP contribution in [-0.4, -0.2) is 86.1 Å². The maximum absolute atomic E-state index is 14.6. The Kier molecular flexibility index (Phi) is 17.9. The Morgan fingerprint density at radius 1 is 0.763 bits per heavy atom. The monoisotopic (exact) mass is 871 g/mol. The molecule has 0 amide bonds. The third-order valence-electron chi connectivity index (χ3n) is 9.27. The summed E-state index contributed by atoms with van der Waals surface area (Å²) >= 11 is 0. The summed E-state index contributed by atoms with van der Waals surface area (Å²) in [5.41, 5.74) is 2.79. The van der Waals surface area contributed by atoms with Crippen molar-refractivity contribution in [2.75, 3.05) is 57.7 Å². The maximum Gasteiger partial charge on any atom is 0.306 e. The van der Waals surface area contributed by atoms with E-state index in [1.807, 2.05) is 0 Å². The maximum atomic E-state index is 14.6. The number of ether oxygens (including phenoxy) is 5. The highest BCUT2D eigenvalue weighted by atomic mass is 32.2. The minimum absolute atomic E-state index is 0.00382. The normalized spacial score (nSPS) is 17.1. The van der Waals surface area contributed by atoms with Crippen molar-refractivity contribution in [2.24, 2.45) is 16.6 Å². The van der Waals surface area contributed by atoms with Crippen LogP contribution in [-0.2, 0) is 38.7 Å². The van der Waals surface area contributed by atoms with Crippen molar-refractivity contribution in [3.05, 3.63) is 71.8 Å². The van der Waals surface area contributed by atoms with Crippen LogP contribution < -0.4 is 15.2 Å². The van der Waals surface area contributed by atoms with Crippen LogP contribution in [0.15, 0.2) is 70.0 Å². The minimum atomic E-state index is -4.08. The largest absolute Gasteiger partial charge is 0.489 e. The van der Waals surface area contributed by atoms with E-state index in [0.29, 0.717) is 25.9 Å². The number of hydrogen-bond acceptors (Lipinski definition) is 13. The molecule has 2 saturated heterocycles. The fourth-order valence-electron chi connectivity index (χ4n) is 5.93. The van der Waals surface area contributed by atoms with E-state index >= 15 is 0 Å². The molecule has 0 aromatic heterocycles. The summed E-state index contributed by atoms with van der Waals surface area (Å²) in [7, 11) is -8.10. The molecule has 2 N–H and O–H groups in total. The van der Waals surface area contributed by atoms with E-state index in [4.69, 9.17) is 29.4 Å². The highest BCUT2D eigenvalue weighted by molar-refractivity contribution is 7.91. The van der Waals surface area contributed by atoms with E-state index in [1.165, 1.54) is 12.1 Å². The van der Waals surface area contributed by atoms with Gasteiger partial charge in [0.25, 0.3) is 0 Å². The Labute approximate surface area is 342 Å². The summed E-state index contributed by atoms with van der Waals surface area (Å²) in [5.74, 6) is -3.41. The highest BCUT2D eigenvalue weighted by Crippen LogP contribution is 2.36. The van der Waals surface area contributed by atoms with Gasteiger partial charge in [-0.2, -0.15) is 10.5 Å². The van der Waals surface area contributed by atoms with E-state index in [0.717, 1.165) is 24.3 Å². The molecule has 0 spiro atoms. The summed E-state index contributed by atoms with van der Waals surface area (Å²) in [6, 6.07) is 10.7. The molecule has 59 heavy (non-hydrogen) atoms. The lowest BCUT2D eigenvalue weighted by atomic mass is 9.84. The molecule has 324 valence electrons. The molecule has 0 saturated carbocycles. The number of hydrogen-bond donors (Lipinski definition) is 1. The van der Waals surface area contributed by atoms with E-state index < -0.39 is 75.0 Å². The predicted octanol–water partition coefficient (Wildman–Crippen LogP) is 6.38. The molecule has 2 aliphatic rings. The lowest BCUT2D eigenvalue weighted by molar-refractivity contribution is -0.154. The van der Waals surface area contributed by atoms with Gasteiger partial charge in [0.2, 0.25) is 0 Å². The second-order valence-corrected chi connectivity index (χ2v) is 19.0. The van der Waals surface area contributed by atoms with Gasteiger partial charge in [0.1, 0.15) is 51.7 Å². The zero-order valence-corrected chi connectivity index (χ0v) is 34.7. The van der Waals surface area contributed by atoms with Gasteiger partial charge in [-0.25, -0.2) is 34.4 Å². The van der Waals surface area contributed by atoms with Crippen LogP contribution in [0.2, 0.25) is 0 Å². The number of rotatable bonds is 16. The van der Waals surface area contributed by atoms with E-state index in [2.05, 4.69) is 12.1 Å². The number of halogens is 4. The van der Waals surface area contributed by atoms with Gasteiger partial charge in [-0.05, 0) is 82.7 Å². The number of carbonyl (C=O) groups excluding carboxylic acids is 1. The Morgan fingerprint density at radius 3 is 1.51 bits per heavy atom. The van der Waals surface area contributed by atoms with Crippen LogP contribution >= 0.6 is 0 Å². The fourth-order valence-corrected chi connectivity index (χ4v) is 9.67. The van der Waals surface area contributed by atoms with E-state index in [1.54, 1.807) is 20.8 Å². The van der Waals surface area contributed by atoms with E-state index in [9.17, 15) is 49.7 Å². The van der Waals surface area contributed by atoms with Crippen LogP contribution in [0, 0.1) is 45.1 Å². The molecule has 2 fully saturated rings. The second-order valence-electron chi connectivity index (χ2n) is 15.1. The first-order valence-electron chi connectivity index (χ1n) is 18.5. The SMILES string of the molecule is CC(C)(C)OC(=O)CC/C(=C\F)COc1ccc(S(=O)(=O)CC2(C#N)CCOCC2)c(F)c1.N#CC1(CS(=O)(=O)c2ccc(OC/C(=C/F)CN)cc2F)CCOCC1. The molecule has 0 unspecified atom stereocenters. The quantitative estimate of drug-likeness (QED) is 0.144. The molecular formula is C40H49F4N3O10S2. The molecular weight excluding hydrogens is 823 g/mol. The lowest BCUT2D eigenvalue weighted by Crippen LogP contribution is -2.35. The molecule has 13 nitrogen and oxygen atoms in total. The van der Waals surface area contributed by atoms with E-state index in [-0.39, 0.29) is 94.1 Å². The fraction of sp³-hybridized carbons (Fsp3) is 0.525. The molecule has 0 atom stereocenters. The Bertz CT molecular complexity index is 2130. The minimum Gasteiger partial charge on any atom is -0.489 e. The van der Waals surface area contributed by atoms with Crippen molar-refractivity contribution in [3.8, 4) is 23.6 Å². The van der Waals surface area contributed by atoms with Crippen molar-refractivity contribution in [1.82, 2.24) is 0 Å². The first kappa shape index (κ1) is 48.8. The molecule has 19 heteroatoms. The lowest BCUT2D eigenvalue weighted by Gasteiger charge is -2.30. The molecule has 0 bridgehead atoms. The molecule has 0 radical (unpaired) electrons. The van der Waals surface area contributed by atoms with Gasteiger partial charge < -0.3 is 29.4 Å². The van der Waals surface area contributed by atoms with Crippen LogP contribution in [0.4, 0.5) is 17.6 Å². The number of esters is 1. The third kappa shape index (κ3) is 14.9. The van der Waals surface area contributed by atoms with Crippen molar-refractivity contribution >= 4 is 25.6 Å². The van der Waals surface area contributed by atoms with Gasteiger partial charge in [0, 0.05) is 57.1 Å². The van der Waals surface area contributed by atoms with Crippen molar-refractivity contribution < 1.29 is 62.9 Å². The standard InChI is InChI=1S/C23H29F2NO6S.C17H20F2N2O4S/c1-22(2,3)32-21(27)7-4-17(13-24)14-31-18-5-6-20(19(25)12-18)33(28,29)16-23(15-26)8-10-30-11-9-23;18-8-13(9-20)10-25-14-1-2-16(15(19)7-14)26(22,23)12-17(11-21)3-5-24-6-4-17/h5-6,12-13H,4,7-11,14,16H2,1-3H3;1-2,7-8H,3-6,9-10,12,20H2/b17-13+;13-8+. The summed E-state index contributed by atoms with van der Waals surface area (Å²) in [4.78, 5) is 10.8. The van der Waals surface area contributed by atoms with Crippen LogP contribution in [0.3, 0.4) is 0 Å². The van der Waals surface area contributed by atoms with Gasteiger partial charge in [0.05, 0.1) is 47.1 Å². The van der Waals surface area contributed by atoms with Crippen LogP contribution in [0.25, 0.3) is 0 Å². The average molecular weight is 872 g/mol. The molecule has 2 aliphatic heterocycles. The van der Waals surface area contributed by atoms with Crippen LogP contribution in [0.1, 0.15) is 59.3 Å². The van der Waals surface area contributed by atoms with Gasteiger partial charge in [-0.1, -0.05) is 0 Å². The molecule has 2 aromatic carbocycles. The highest BCUT2D eigenvalue weighted by Gasteiger charge is 2.40. The van der Waals surface area contributed by atoms with Gasteiger partial charge in [-0.3, -0.25) is 4.79 Å². The summed E-state index contributed by atoms with van der Waals surface area (Å²) < 4.78 is 131. The Morgan fingerprint density at radius 2 is 1.17 bits per heavy atom. The number of nitriles is 2. The first-order valence-corrected chi connectivity index (χ1v) is 21.8. The zero-order valence-electron chi connectivity index (χ0n) is 33.1. The smallest absolute Gasteiger partial charge is 0.306 e. The average Bonchev–Trinajstić information content (AvgIpc) is 3.18. The van der Waals surface area contributed by atoms with Crippen molar-refractivity contribution in [1.29, 1.82) is 10.5 Å². The topological polar surface area (TPSA) is 205 Å². The molecule has 0 aliphatic carbocycles. The van der Waals surface area contributed by atoms with Gasteiger partial charge >= 0.3 is 5.97 Å². The van der Waals surface area contributed by atoms with Crippen LogP contribution in [0.5, 0.6) is 11.5 Å². The molecule has 4 rings (SSSR count). The Balaban J connectivity index is 0.000000324. The molecule has 2 heterocycles. The van der Waals surface area contributed by atoms with Gasteiger partial charge in [-0.15, -0.1) is 0 Å². The van der Waals surface area contributed by atoms with Gasteiger partial charge in [0.15, 0.2) is 19.7 Å². The molecule has 2 aromatic rings.